The maximum absolute atomic E-state index is 7.34. The van der Waals surface area contributed by atoms with Crippen LogP contribution in [0.1, 0.15) is 5.56 Å². The van der Waals surface area contributed by atoms with Gasteiger partial charge in [0.05, 0.1) is 0 Å². The van der Waals surface area contributed by atoms with Crippen molar-refractivity contribution in [1.82, 2.24) is 0 Å². The van der Waals surface area contributed by atoms with Crippen molar-refractivity contribution < 1.29 is 0 Å². The molecular formula is C14H16ClN3. The molecule has 0 aliphatic heterocycles. The Hall–Kier alpha value is -2.00. The van der Waals surface area contributed by atoms with E-state index in [2.05, 4.69) is 17.0 Å². The number of hydrogen-bond donors (Lipinski definition) is 2. The van der Waals surface area contributed by atoms with Crippen LogP contribution in [0.25, 0.3) is 0 Å². The van der Waals surface area contributed by atoms with Crippen molar-refractivity contribution in [1.29, 1.82) is 5.41 Å². The Kier molecular flexibility index (Phi) is 4.75. The third kappa shape index (κ3) is 3.02. The summed E-state index contributed by atoms with van der Waals surface area (Å²) in [6.45, 7) is 0. The van der Waals surface area contributed by atoms with Crippen LogP contribution >= 0.6 is 12.4 Å². The number of rotatable bonds is 3. The third-order valence-electron chi connectivity index (χ3n) is 2.71. The maximum atomic E-state index is 7.34. The third-order valence-corrected chi connectivity index (χ3v) is 2.71. The van der Waals surface area contributed by atoms with Crippen molar-refractivity contribution in [3.8, 4) is 0 Å². The average molecular weight is 262 g/mol. The van der Waals surface area contributed by atoms with Crippen LogP contribution in [0, 0.1) is 5.41 Å². The van der Waals surface area contributed by atoms with E-state index in [4.69, 9.17) is 11.1 Å². The summed E-state index contributed by atoms with van der Waals surface area (Å²) >= 11 is 0. The Morgan fingerprint density at radius 1 is 0.944 bits per heavy atom. The second-order valence-electron chi connectivity index (χ2n) is 3.86. The van der Waals surface area contributed by atoms with Gasteiger partial charge in [0.2, 0.25) is 0 Å². The lowest BCUT2D eigenvalue weighted by atomic mass is 10.1. The highest BCUT2D eigenvalue weighted by molar-refractivity contribution is 5.95. The molecule has 2 aromatic carbocycles. The molecule has 0 saturated heterocycles. The van der Waals surface area contributed by atoms with E-state index in [0.29, 0.717) is 0 Å². The van der Waals surface area contributed by atoms with Crippen molar-refractivity contribution in [3.63, 3.8) is 0 Å². The lowest BCUT2D eigenvalue weighted by Crippen LogP contribution is -2.12. The molecule has 0 radical (unpaired) electrons. The SMILES string of the molecule is CN(c1ccccc1)c1ccc(C(=N)N)cc1.Cl. The van der Waals surface area contributed by atoms with Gasteiger partial charge in [-0.05, 0) is 36.4 Å². The number of nitrogens with zero attached hydrogens (tertiary/aromatic N) is 1. The number of hydrogen-bond acceptors (Lipinski definition) is 2. The van der Waals surface area contributed by atoms with Gasteiger partial charge in [-0.15, -0.1) is 12.4 Å². The van der Waals surface area contributed by atoms with Crippen molar-refractivity contribution >= 4 is 29.6 Å². The van der Waals surface area contributed by atoms with Gasteiger partial charge in [0, 0.05) is 24.0 Å². The van der Waals surface area contributed by atoms with Crippen LogP contribution in [0.2, 0.25) is 0 Å². The standard InChI is InChI=1S/C14H15N3.ClH/c1-17(12-5-3-2-4-6-12)13-9-7-11(8-10-13)14(15)16;/h2-10H,1H3,(H3,15,16);1H. The Labute approximate surface area is 113 Å². The van der Waals surface area contributed by atoms with Crippen LogP contribution in [0.15, 0.2) is 54.6 Å². The summed E-state index contributed by atoms with van der Waals surface area (Å²) in [4.78, 5) is 2.09. The Balaban J connectivity index is 0.00000162. The summed E-state index contributed by atoms with van der Waals surface area (Å²) in [7, 11) is 2.01. The fraction of sp³-hybridized carbons (Fsp3) is 0.0714. The van der Waals surface area contributed by atoms with Gasteiger partial charge in [-0.25, -0.2) is 0 Å². The highest BCUT2D eigenvalue weighted by atomic mass is 35.5. The molecule has 0 saturated carbocycles. The number of anilines is 2. The lowest BCUT2D eigenvalue weighted by molar-refractivity contribution is 1.21. The number of halogens is 1. The Bertz CT molecular complexity index is 508. The van der Waals surface area contributed by atoms with Crippen LogP contribution in [-0.2, 0) is 0 Å². The highest BCUT2D eigenvalue weighted by Gasteiger charge is 2.03. The van der Waals surface area contributed by atoms with Crippen LogP contribution in [0.4, 0.5) is 11.4 Å². The molecule has 18 heavy (non-hydrogen) atoms. The predicted octanol–water partition coefficient (Wildman–Crippen LogP) is 3.16. The van der Waals surface area contributed by atoms with E-state index in [-0.39, 0.29) is 18.2 Å². The first-order valence-corrected chi connectivity index (χ1v) is 5.42. The topological polar surface area (TPSA) is 53.1 Å². The number of nitrogen functional groups attached to an aromatic ring is 1. The molecule has 2 aromatic rings. The predicted molar refractivity (Wildman–Crippen MR) is 79.2 cm³/mol. The smallest absolute Gasteiger partial charge is 0.122 e. The van der Waals surface area contributed by atoms with Gasteiger partial charge >= 0.3 is 0 Å². The van der Waals surface area contributed by atoms with E-state index in [1.807, 2.05) is 49.5 Å². The zero-order valence-electron chi connectivity index (χ0n) is 10.1. The van der Waals surface area contributed by atoms with Gasteiger partial charge in [-0.3, -0.25) is 5.41 Å². The van der Waals surface area contributed by atoms with Crippen LogP contribution in [-0.4, -0.2) is 12.9 Å². The number of nitrogens with two attached hydrogens (primary N) is 1. The van der Waals surface area contributed by atoms with E-state index in [1.54, 1.807) is 0 Å². The molecule has 0 spiro atoms. The van der Waals surface area contributed by atoms with Gasteiger partial charge < -0.3 is 10.6 Å². The summed E-state index contributed by atoms with van der Waals surface area (Å²) < 4.78 is 0. The number of nitrogens with one attached hydrogen (secondary N) is 1. The minimum Gasteiger partial charge on any atom is -0.384 e. The fourth-order valence-corrected chi connectivity index (χ4v) is 1.67. The quantitative estimate of drug-likeness (QED) is 0.659. The Morgan fingerprint density at radius 3 is 1.94 bits per heavy atom. The maximum Gasteiger partial charge on any atom is 0.122 e. The van der Waals surface area contributed by atoms with E-state index in [9.17, 15) is 0 Å². The van der Waals surface area contributed by atoms with E-state index < -0.39 is 0 Å². The minimum absolute atomic E-state index is 0. The van der Waals surface area contributed by atoms with Gasteiger partial charge in [-0.2, -0.15) is 0 Å². The summed E-state index contributed by atoms with van der Waals surface area (Å²) in [5, 5.41) is 7.34. The van der Waals surface area contributed by atoms with Gasteiger partial charge in [0.15, 0.2) is 0 Å². The first-order valence-electron chi connectivity index (χ1n) is 5.42. The molecule has 0 aliphatic carbocycles. The summed E-state index contributed by atoms with van der Waals surface area (Å²) in [5.74, 6) is 0.0962. The number of amidine groups is 1. The second kappa shape index (κ2) is 6.07. The molecule has 2 rings (SSSR count). The van der Waals surface area contributed by atoms with Gasteiger partial charge in [-0.1, -0.05) is 18.2 Å². The highest BCUT2D eigenvalue weighted by Crippen LogP contribution is 2.22. The van der Waals surface area contributed by atoms with Gasteiger partial charge in [0.25, 0.3) is 0 Å². The minimum atomic E-state index is 0. The van der Waals surface area contributed by atoms with Crippen LogP contribution in [0.3, 0.4) is 0 Å². The summed E-state index contributed by atoms with van der Waals surface area (Å²) in [6.07, 6.45) is 0. The van der Waals surface area contributed by atoms with Crippen LogP contribution in [0.5, 0.6) is 0 Å². The van der Waals surface area contributed by atoms with Crippen LogP contribution < -0.4 is 10.6 Å². The normalized spacial score (nSPS) is 9.39. The number of para-hydroxylation sites is 1. The molecule has 3 nitrogen and oxygen atoms in total. The largest absolute Gasteiger partial charge is 0.384 e. The molecule has 0 aromatic heterocycles. The zero-order chi connectivity index (χ0) is 12.3. The van der Waals surface area contributed by atoms with Crippen molar-refractivity contribution in [2.75, 3.05) is 11.9 Å². The molecule has 0 heterocycles. The molecule has 0 aliphatic rings. The first kappa shape index (κ1) is 14.1. The second-order valence-corrected chi connectivity index (χ2v) is 3.86. The molecule has 0 amide bonds. The molecule has 0 atom stereocenters. The lowest BCUT2D eigenvalue weighted by Gasteiger charge is -2.19. The molecule has 0 unspecified atom stereocenters. The summed E-state index contributed by atoms with van der Waals surface area (Å²) in [5.41, 5.74) is 8.36. The van der Waals surface area contributed by atoms with Crippen molar-refractivity contribution in [3.05, 3.63) is 60.2 Å². The molecule has 3 N–H and O–H groups in total. The van der Waals surface area contributed by atoms with Gasteiger partial charge in [0.1, 0.15) is 5.84 Å². The molecule has 0 bridgehead atoms. The van der Waals surface area contributed by atoms with E-state index in [0.717, 1.165) is 16.9 Å². The van der Waals surface area contributed by atoms with E-state index >= 15 is 0 Å². The molecule has 4 heteroatoms. The molecule has 94 valence electrons. The first-order chi connectivity index (χ1) is 8.18. The Morgan fingerprint density at radius 2 is 1.44 bits per heavy atom. The fourth-order valence-electron chi connectivity index (χ4n) is 1.67. The van der Waals surface area contributed by atoms with E-state index in [1.165, 1.54) is 0 Å². The monoisotopic (exact) mass is 261 g/mol. The number of benzene rings is 2. The van der Waals surface area contributed by atoms with Crippen molar-refractivity contribution in [2.45, 2.75) is 0 Å². The van der Waals surface area contributed by atoms with Crippen molar-refractivity contribution in [2.24, 2.45) is 5.73 Å². The molecule has 0 fully saturated rings. The zero-order valence-corrected chi connectivity index (χ0v) is 10.9. The average Bonchev–Trinajstić information content (AvgIpc) is 2.39. The molecular weight excluding hydrogens is 246 g/mol. The summed E-state index contributed by atoms with van der Waals surface area (Å²) in [6, 6.07) is 17.8.